The number of rotatable bonds is 8. The minimum atomic E-state index is -0.514. The third-order valence-corrected chi connectivity index (χ3v) is 4.90. The zero-order valence-corrected chi connectivity index (χ0v) is 17.0. The minimum Gasteiger partial charge on any atom is -0.383 e. The highest BCUT2D eigenvalue weighted by atomic mass is 16.6. The number of imide groups is 1. The summed E-state index contributed by atoms with van der Waals surface area (Å²) in [5.41, 5.74) is 2.48. The van der Waals surface area contributed by atoms with Crippen molar-refractivity contribution in [1.82, 2.24) is 4.90 Å². The highest BCUT2D eigenvalue weighted by Crippen LogP contribution is 2.31. The summed E-state index contributed by atoms with van der Waals surface area (Å²) in [6.07, 6.45) is 0. The van der Waals surface area contributed by atoms with Gasteiger partial charge in [-0.25, -0.2) is 0 Å². The van der Waals surface area contributed by atoms with Gasteiger partial charge < -0.3 is 10.1 Å². The Labute approximate surface area is 174 Å². The number of anilines is 1. The fraction of sp³-hybridized carbons (Fsp3) is 0.273. The molecule has 0 saturated carbocycles. The van der Waals surface area contributed by atoms with Crippen LogP contribution in [0.5, 0.6) is 0 Å². The lowest BCUT2D eigenvalue weighted by Gasteiger charge is -2.14. The molecule has 30 heavy (non-hydrogen) atoms. The molecule has 156 valence electrons. The molecule has 3 rings (SSSR count). The summed E-state index contributed by atoms with van der Waals surface area (Å²) < 4.78 is 5.01. The first-order chi connectivity index (χ1) is 14.3. The van der Waals surface area contributed by atoms with Crippen LogP contribution in [0.1, 0.15) is 30.9 Å². The predicted octanol–water partition coefficient (Wildman–Crippen LogP) is 3.56. The molecule has 1 N–H and O–H groups in total. The van der Waals surface area contributed by atoms with Gasteiger partial charge >= 0.3 is 0 Å². The number of benzene rings is 2. The summed E-state index contributed by atoms with van der Waals surface area (Å²) in [5, 5.41) is 14.0. The number of nitrogens with one attached hydrogen (secondary N) is 1. The van der Waals surface area contributed by atoms with Gasteiger partial charge in [0, 0.05) is 24.9 Å². The van der Waals surface area contributed by atoms with Crippen LogP contribution in [0.3, 0.4) is 0 Å². The highest BCUT2D eigenvalue weighted by Gasteiger charge is 2.39. The van der Waals surface area contributed by atoms with Crippen molar-refractivity contribution in [3.8, 4) is 0 Å². The summed E-state index contributed by atoms with van der Waals surface area (Å²) >= 11 is 0. The first-order valence-electron chi connectivity index (χ1n) is 9.54. The van der Waals surface area contributed by atoms with Crippen molar-refractivity contribution < 1.29 is 19.2 Å². The number of nitro benzene ring substituents is 1. The molecule has 0 aromatic heterocycles. The number of ether oxygens (including phenoxy) is 1. The van der Waals surface area contributed by atoms with Crippen LogP contribution < -0.4 is 5.32 Å². The summed E-state index contributed by atoms with van der Waals surface area (Å²) in [4.78, 5) is 37.5. The van der Waals surface area contributed by atoms with Crippen molar-refractivity contribution >= 4 is 28.8 Å². The smallest absolute Gasteiger partial charge is 0.278 e. The van der Waals surface area contributed by atoms with E-state index < -0.39 is 16.7 Å². The van der Waals surface area contributed by atoms with Crippen LogP contribution in [0.4, 0.5) is 11.4 Å². The second-order valence-corrected chi connectivity index (χ2v) is 7.21. The van der Waals surface area contributed by atoms with E-state index in [1.54, 1.807) is 0 Å². The molecule has 0 bridgehead atoms. The Kier molecular flexibility index (Phi) is 6.27. The third-order valence-electron chi connectivity index (χ3n) is 4.90. The predicted molar refractivity (Wildman–Crippen MR) is 113 cm³/mol. The Bertz CT molecular complexity index is 994. The Morgan fingerprint density at radius 3 is 2.20 bits per heavy atom. The number of non-ortho nitro benzene ring substituents is 1. The van der Waals surface area contributed by atoms with Gasteiger partial charge in [-0.15, -0.1) is 0 Å². The topological polar surface area (TPSA) is 102 Å². The molecule has 0 atom stereocenters. The van der Waals surface area contributed by atoms with Crippen LogP contribution in [0.15, 0.2) is 54.2 Å². The van der Waals surface area contributed by atoms with Crippen LogP contribution in [0.2, 0.25) is 0 Å². The quantitative estimate of drug-likeness (QED) is 0.406. The number of hydrogen-bond donors (Lipinski definition) is 1. The van der Waals surface area contributed by atoms with E-state index in [-0.39, 0.29) is 30.1 Å². The molecule has 0 fully saturated rings. The van der Waals surface area contributed by atoms with Gasteiger partial charge in [0.05, 0.1) is 23.6 Å². The van der Waals surface area contributed by atoms with Crippen molar-refractivity contribution in [2.45, 2.75) is 19.8 Å². The van der Waals surface area contributed by atoms with Gasteiger partial charge in [-0.05, 0) is 41.3 Å². The van der Waals surface area contributed by atoms with E-state index in [0.717, 1.165) is 10.5 Å². The lowest BCUT2D eigenvalue weighted by atomic mass is 10.0. The monoisotopic (exact) mass is 409 g/mol. The second-order valence-electron chi connectivity index (χ2n) is 7.21. The lowest BCUT2D eigenvalue weighted by molar-refractivity contribution is -0.384. The highest BCUT2D eigenvalue weighted by molar-refractivity contribution is 6.36. The molecule has 0 aliphatic carbocycles. The Morgan fingerprint density at radius 2 is 1.67 bits per heavy atom. The van der Waals surface area contributed by atoms with Crippen molar-refractivity contribution in [1.29, 1.82) is 0 Å². The van der Waals surface area contributed by atoms with Crippen molar-refractivity contribution in [3.05, 3.63) is 75.5 Å². The minimum absolute atomic E-state index is 0.0915. The van der Waals surface area contributed by atoms with Gasteiger partial charge in [-0.2, -0.15) is 0 Å². The fourth-order valence-electron chi connectivity index (χ4n) is 3.19. The molecular formula is C22H23N3O5. The molecule has 1 aliphatic rings. The molecular weight excluding hydrogens is 386 g/mol. The third kappa shape index (κ3) is 4.23. The Morgan fingerprint density at radius 1 is 1.03 bits per heavy atom. The molecule has 8 nitrogen and oxygen atoms in total. The first-order valence-corrected chi connectivity index (χ1v) is 9.54. The van der Waals surface area contributed by atoms with Crippen LogP contribution in [-0.2, 0) is 14.3 Å². The van der Waals surface area contributed by atoms with Gasteiger partial charge in [0.2, 0.25) is 0 Å². The van der Waals surface area contributed by atoms with E-state index in [1.165, 1.54) is 31.4 Å². The SMILES string of the molecule is COCCN1C(=O)C(Nc2ccc(C(C)C)cc2)=C(c2ccc([N+](=O)[O-])cc2)C1=O. The van der Waals surface area contributed by atoms with Gasteiger partial charge in [0.1, 0.15) is 5.70 Å². The Hall–Kier alpha value is -3.52. The molecule has 0 radical (unpaired) electrons. The number of carbonyl (C=O) groups excluding carboxylic acids is 2. The standard InChI is InChI=1S/C22H23N3O5/c1-14(2)15-4-8-17(9-5-15)23-20-19(16-6-10-18(11-7-16)25(28)29)21(26)24(22(20)27)12-13-30-3/h4-11,14,23H,12-13H2,1-3H3. The summed E-state index contributed by atoms with van der Waals surface area (Å²) in [5.74, 6) is -0.557. The number of amides is 2. The number of nitrogens with zero attached hydrogens (tertiary/aromatic N) is 2. The van der Waals surface area contributed by atoms with E-state index in [1.807, 2.05) is 24.3 Å². The summed E-state index contributed by atoms with van der Waals surface area (Å²) in [6.45, 7) is 4.50. The number of hydrogen-bond acceptors (Lipinski definition) is 6. The van der Waals surface area contributed by atoms with Crippen molar-refractivity contribution in [2.24, 2.45) is 0 Å². The van der Waals surface area contributed by atoms with Gasteiger partial charge in [0.25, 0.3) is 17.5 Å². The largest absolute Gasteiger partial charge is 0.383 e. The molecule has 0 spiro atoms. The van der Waals surface area contributed by atoms with Gasteiger partial charge in [0.15, 0.2) is 0 Å². The lowest BCUT2D eigenvalue weighted by Crippen LogP contribution is -2.35. The van der Waals surface area contributed by atoms with E-state index >= 15 is 0 Å². The fourth-order valence-corrected chi connectivity index (χ4v) is 3.19. The molecule has 8 heteroatoms. The van der Waals surface area contributed by atoms with E-state index in [4.69, 9.17) is 4.74 Å². The van der Waals surface area contributed by atoms with Crippen molar-refractivity contribution in [2.75, 3.05) is 25.6 Å². The van der Waals surface area contributed by atoms with Crippen LogP contribution in [-0.4, -0.2) is 41.9 Å². The van der Waals surface area contributed by atoms with Gasteiger partial charge in [-0.1, -0.05) is 26.0 Å². The number of nitro groups is 1. The molecule has 2 amide bonds. The number of methoxy groups -OCH3 is 1. The van der Waals surface area contributed by atoms with Crippen LogP contribution in [0.25, 0.3) is 5.57 Å². The van der Waals surface area contributed by atoms with Crippen LogP contribution >= 0.6 is 0 Å². The second kappa shape index (κ2) is 8.87. The van der Waals surface area contributed by atoms with Crippen molar-refractivity contribution in [3.63, 3.8) is 0 Å². The maximum absolute atomic E-state index is 13.0. The Balaban J connectivity index is 2.00. The maximum Gasteiger partial charge on any atom is 0.278 e. The molecule has 1 aliphatic heterocycles. The molecule has 2 aromatic carbocycles. The molecule has 2 aromatic rings. The maximum atomic E-state index is 13.0. The zero-order valence-electron chi connectivity index (χ0n) is 17.0. The summed E-state index contributed by atoms with van der Waals surface area (Å²) in [6, 6.07) is 13.2. The van der Waals surface area contributed by atoms with Gasteiger partial charge in [-0.3, -0.25) is 24.6 Å². The number of carbonyl (C=O) groups is 2. The average Bonchev–Trinajstić information content (AvgIpc) is 2.96. The molecule has 0 unspecified atom stereocenters. The summed E-state index contributed by atoms with van der Waals surface area (Å²) in [7, 11) is 1.49. The van der Waals surface area contributed by atoms with E-state index in [9.17, 15) is 19.7 Å². The molecule has 1 heterocycles. The first kappa shape index (κ1) is 21.2. The van der Waals surface area contributed by atoms with E-state index in [0.29, 0.717) is 17.2 Å². The van der Waals surface area contributed by atoms with Crippen LogP contribution in [0, 0.1) is 10.1 Å². The molecule has 0 saturated heterocycles. The van der Waals surface area contributed by atoms with E-state index in [2.05, 4.69) is 19.2 Å². The average molecular weight is 409 g/mol. The zero-order chi connectivity index (χ0) is 21.8. The normalized spacial score (nSPS) is 14.1.